The molecule has 6 heteroatoms. The molecule has 4 aromatic rings. The average Bonchev–Trinajstić information content (AvgIpc) is 3.33. The largest absolute Gasteiger partial charge is 0.506 e. The molecule has 6 nitrogen and oxygen atoms in total. The van der Waals surface area contributed by atoms with Gasteiger partial charge in [0.05, 0.1) is 0 Å². The molecule has 0 saturated carbocycles. The van der Waals surface area contributed by atoms with Gasteiger partial charge in [0.2, 0.25) is 11.8 Å². The summed E-state index contributed by atoms with van der Waals surface area (Å²) in [6.07, 6.45) is -0.796. The number of rotatable bonds is 3. The van der Waals surface area contributed by atoms with Gasteiger partial charge in [-0.2, -0.15) is 0 Å². The molecule has 6 rings (SSSR count). The summed E-state index contributed by atoms with van der Waals surface area (Å²) in [7, 11) is 0. The molecule has 2 aromatic heterocycles. The van der Waals surface area contributed by atoms with Crippen molar-refractivity contribution in [1.29, 1.82) is 0 Å². The summed E-state index contributed by atoms with van der Waals surface area (Å²) < 4.78 is 28.9. The second-order valence-electron chi connectivity index (χ2n) is 7.63. The molecule has 0 spiro atoms. The Morgan fingerprint density at radius 1 is 1.13 bits per heavy atom. The first-order chi connectivity index (χ1) is 15.9. The molecule has 3 heterocycles. The van der Waals surface area contributed by atoms with Gasteiger partial charge in [-0.3, -0.25) is 4.98 Å². The molecule has 2 aliphatic rings. The molecule has 1 N–H and O–H groups in total. The molecule has 0 fully saturated rings. The molecule has 2 atom stereocenters. The fraction of sp³-hybridized carbons (Fsp3) is 0.160. The van der Waals surface area contributed by atoms with Crippen molar-refractivity contribution in [3.63, 3.8) is 0 Å². The first kappa shape index (κ1) is 15.8. The smallest absolute Gasteiger partial charge is 0.236 e. The number of aromatic nitrogens is 2. The molecule has 31 heavy (non-hydrogen) atoms. The summed E-state index contributed by atoms with van der Waals surface area (Å²) in [5, 5.41) is 11.1. The maximum Gasteiger partial charge on any atom is 0.236 e. The van der Waals surface area contributed by atoms with Crippen LogP contribution in [0.15, 0.2) is 71.9 Å². The Labute approximate surface area is 181 Å². The molecule has 0 amide bonds. The number of fused-ring (bicyclic) bond motifs is 4. The Morgan fingerprint density at radius 2 is 2.03 bits per heavy atom. The van der Waals surface area contributed by atoms with Crippen LogP contribution in [-0.2, 0) is 11.1 Å². The van der Waals surface area contributed by atoms with Crippen LogP contribution in [0.4, 0.5) is 0 Å². The Kier molecular flexibility index (Phi) is 3.48. The van der Waals surface area contributed by atoms with Gasteiger partial charge in [0, 0.05) is 32.8 Å². The third-order valence-corrected chi connectivity index (χ3v) is 5.42. The molecular weight excluding hydrogens is 390 g/mol. The summed E-state index contributed by atoms with van der Waals surface area (Å²) in [6, 6.07) is 17.5. The molecular formula is C25H19N3O3. The van der Waals surface area contributed by atoms with E-state index in [1.807, 2.05) is 37.3 Å². The van der Waals surface area contributed by atoms with E-state index in [4.69, 9.17) is 12.2 Å². The maximum absolute atomic E-state index is 10.2. The van der Waals surface area contributed by atoms with Crippen LogP contribution in [0.1, 0.15) is 31.2 Å². The quantitative estimate of drug-likeness (QED) is 0.520. The third kappa shape index (κ3) is 3.08. The Hall–Kier alpha value is -3.93. The number of pyridine rings is 2. The van der Waals surface area contributed by atoms with Gasteiger partial charge in [-0.15, -0.1) is 0 Å². The highest BCUT2D eigenvalue weighted by Crippen LogP contribution is 2.40. The number of phenols is 1. The van der Waals surface area contributed by atoms with E-state index in [1.165, 1.54) is 0 Å². The van der Waals surface area contributed by atoms with E-state index in [0.717, 1.165) is 16.5 Å². The van der Waals surface area contributed by atoms with Crippen molar-refractivity contribution < 1.29 is 17.3 Å². The summed E-state index contributed by atoms with van der Waals surface area (Å²) >= 11 is 0. The van der Waals surface area contributed by atoms with E-state index in [0.29, 0.717) is 28.4 Å². The summed E-state index contributed by atoms with van der Waals surface area (Å²) in [5.41, 5.74) is 3.32. The number of aromatic hydroxyl groups is 1. The van der Waals surface area contributed by atoms with Crippen LogP contribution in [0, 0.1) is 6.92 Å². The Morgan fingerprint density at radius 3 is 2.97 bits per heavy atom. The van der Waals surface area contributed by atoms with Crippen molar-refractivity contribution in [2.24, 2.45) is 4.99 Å². The number of phenolic OH excluding ortho intramolecular Hbond substituents is 1. The number of nitrogens with zero attached hydrogens (tertiary/aromatic N) is 3. The molecule has 0 unspecified atom stereocenters. The molecule has 0 bridgehead atoms. The molecule has 2 aromatic carbocycles. The van der Waals surface area contributed by atoms with E-state index >= 15 is 0 Å². The van der Waals surface area contributed by atoms with Crippen molar-refractivity contribution in [3.05, 3.63) is 89.2 Å². The molecule has 1 aliphatic carbocycles. The zero-order valence-corrected chi connectivity index (χ0v) is 16.6. The number of aryl methyl sites for hydroxylation is 1. The zero-order valence-electron chi connectivity index (χ0n) is 18.6. The van der Waals surface area contributed by atoms with Gasteiger partial charge in [0.1, 0.15) is 34.9 Å². The highest BCUT2D eigenvalue weighted by Gasteiger charge is 2.39. The zero-order chi connectivity index (χ0) is 22.7. The average molecular weight is 411 g/mol. The van der Waals surface area contributed by atoms with Crippen LogP contribution in [0.25, 0.3) is 10.9 Å². The van der Waals surface area contributed by atoms with Gasteiger partial charge in [-0.05, 0) is 47.9 Å². The second kappa shape index (κ2) is 6.80. The lowest BCUT2D eigenvalue weighted by atomic mass is 10.1. The number of hydrogen-bond donors (Lipinski definition) is 1. The van der Waals surface area contributed by atoms with Crippen molar-refractivity contribution in [2.75, 3.05) is 0 Å². The van der Waals surface area contributed by atoms with Crippen molar-refractivity contribution in [3.8, 4) is 17.4 Å². The Bertz CT molecular complexity index is 1450. The normalized spacial score (nSPS) is 21.5. The fourth-order valence-electron chi connectivity index (χ4n) is 4.03. The monoisotopic (exact) mass is 411 g/mol. The molecule has 0 radical (unpaired) electrons. The first-order valence-electron chi connectivity index (χ1n) is 11.0. The number of ether oxygens (including phenoxy) is 2. The summed E-state index contributed by atoms with van der Waals surface area (Å²) in [4.78, 5) is 13.4. The van der Waals surface area contributed by atoms with E-state index < -0.39 is 18.5 Å². The lowest BCUT2D eigenvalue weighted by Crippen LogP contribution is -2.14. The predicted octanol–water partition coefficient (Wildman–Crippen LogP) is 4.88. The lowest BCUT2D eigenvalue weighted by molar-refractivity contribution is 0.206. The standard InChI is InChI=1S/C25H19N3O3/c1-14-10-16-6-7-22(27-23(16)20(29)11-14)30-17-8-9-26-19(13-17)25-28-24-18-5-3-2-4-15(18)12-21(24)31-25/h2-11,13,21,24,29H,12H2,1H3/t21-,24+/m1/s1/i12D2. The minimum Gasteiger partial charge on any atom is -0.506 e. The van der Waals surface area contributed by atoms with Crippen molar-refractivity contribution in [1.82, 2.24) is 9.97 Å². The van der Waals surface area contributed by atoms with Crippen LogP contribution in [-0.4, -0.2) is 27.1 Å². The fourth-order valence-corrected chi connectivity index (χ4v) is 4.03. The summed E-state index contributed by atoms with van der Waals surface area (Å²) in [5.74, 6) is 1.19. The van der Waals surface area contributed by atoms with Crippen LogP contribution in [0.3, 0.4) is 0 Å². The highest BCUT2D eigenvalue weighted by atomic mass is 16.5. The van der Waals surface area contributed by atoms with Gasteiger partial charge in [0.25, 0.3) is 0 Å². The molecule has 0 saturated heterocycles. The van der Waals surface area contributed by atoms with Crippen LogP contribution < -0.4 is 4.74 Å². The third-order valence-electron chi connectivity index (χ3n) is 5.42. The molecule has 152 valence electrons. The highest BCUT2D eigenvalue weighted by molar-refractivity contribution is 5.94. The first-order valence-corrected chi connectivity index (χ1v) is 9.99. The van der Waals surface area contributed by atoms with Gasteiger partial charge in [-0.25, -0.2) is 9.98 Å². The maximum atomic E-state index is 10.2. The van der Waals surface area contributed by atoms with Gasteiger partial charge in [-0.1, -0.05) is 24.3 Å². The van der Waals surface area contributed by atoms with Crippen LogP contribution >= 0.6 is 0 Å². The minimum atomic E-state index is -1.64. The molecule has 1 aliphatic heterocycles. The van der Waals surface area contributed by atoms with E-state index in [-0.39, 0.29) is 11.6 Å². The van der Waals surface area contributed by atoms with Crippen LogP contribution in [0.5, 0.6) is 17.4 Å². The lowest BCUT2D eigenvalue weighted by Gasteiger charge is -2.10. The minimum absolute atomic E-state index is 0.0978. The van der Waals surface area contributed by atoms with Crippen molar-refractivity contribution in [2.45, 2.75) is 25.4 Å². The number of aliphatic imine (C=N–C) groups is 1. The second-order valence-corrected chi connectivity index (χ2v) is 7.63. The van der Waals surface area contributed by atoms with Gasteiger partial charge in [0.15, 0.2) is 0 Å². The van der Waals surface area contributed by atoms with Crippen LogP contribution in [0.2, 0.25) is 0 Å². The van der Waals surface area contributed by atoms with E-state index in [1.54, 1.807) is 36.5 Å². The van der Waals surface area contributed by atoms with Crippen molar-refractivity contribution >= 4 is 16.8 Å². The van der Waals surface area contributed by atoms with E-state index in [2.05, 4.69) is 15.0 Å². The topological polar surface area (TPSA) is 76.8 Å². The van der Waals surface area contributed by atoms with E-state index in [9.17, 15) is 5.11 Å². The summed E-state index contributed by atoms with van der Waals surface area (Å²) in [6.45, 7) is 1.91. The number of hydrogen-bond acceptors (Lipinski definition) is 6. The Balaban J connectivity index is 1.30. The van der Waals surface area contributed by atoms with Gasteiger partial charge >= 0.3 is 0 Å². The SMILES string of the molecule is [2H]C1([2H])c2ccccc2[C@@H]2N=C(c3cc(Oc4ccc5cc(C)cc(O)c5n4)ccn3)O[C@@H]21. The predicted molar refractivity (Wildman–Crippen MR) is 117 cm³/mol. The number of benzene rings is 2. The van der Waals surface area contributed by atoms with Gasteiger partial charge < -0.3 is 14.6 Å².